The second kappa shape index (κ2) is 10.9. The van der Waals surface area contributed by atoms with Crippen molar-refractivity contribution in [3.8, 4) is 5.75 Å². The van der Waals surface area contributed by atoms with Gasteiger partial charge >= 0.3 is 0 Å². The molecule has 1 aliphatic rings. The molecule has 0 fully saturated rings. The van der Waals surface area contributed by atoms with Crippen molar-refractivity contribution in [1.29, 1.82) is 0 Å². The molecule has 0 bridgehead atoms. The highest BCUT2D eigenvalue weighted by atomic mass is 32.2. The molecule has 1 aromatic heterocycles. The van der Waals surface area contributed by atoms with Crippen LogP contribution < -0.4 is 15.6 Å². The predicted octanol–water partition coefficient (Wildman–Crippen LogP) is 3.79. The molecule has 0 aliphatic carbocycles. The molecule has 4 rings (SSSR count). The molecular formula is C24H26N4O3S2. The first-order valence-electron chi connectivity index (χ1n) is 10.6. The quantitative estimate of drug-likeness (QED) is 0.373. The third kappa shape index (κ3) is 5.98. The lowest BCUT2D eigenvalue weighted by atomic mass is 10.1. The fourth-order valence-electron chi connectivity index (χ4n) is 3.77. The first-order chi connectivity index (χ1) is 16.1. The number of aromatic amines is 1. The molecule has 0 radical (unpaired) electrons. The van der Waals surface area contributed by atoms with Crippen LogP contribution in [-0.2, 0) is 24.3 Å². The third-order valence-corrected chi connectivity index (χ3v) is 7.00. The summed E-state index contributed by atoms with van der Waals surface area (Å²) in [5.41, 5.74) is 3.22. The number of carbonyl (C=O) groups excluding carboxylic acids is 1. The molecule has 0 saturated carbocycles. The van der Waals surface area contributed by atoms with E-state index in [2.05, 4.69) is 20.2 Å². The van der Waals surface area contributed by atoms with E-state index >= 15 is 0 Å². The molecule has 1 aliphatic heterocycles. The first kappa shape index (κ1) is 23.4. The fourth-order valence-corrected chi connectivity index (χ4v) is 4.91. The molecule has 7 nitrogen and oxygen atoms in total. The van der Waals surface area contributed by atoms with Crippen LogP contribution in [0.25, 0.3) is 0 Å². The summed E-state index contributed by atoms with van der Waals surface area (Å²) >= 11 is 2.86. The Kier molecular flexibility index (Phi) is 7.74. The summed E-state index contributed by atoms with van der Waals surface area (Å²) in [7, 11) is 1.67. The number of fused-ring (bicyclic) bond motifs is 1. The number of hydrogen-bond acceptors (Lipinski definition) is 7. The van der Waals surface area contributed by atoms with Crippen molar-refractivity contribution in [2.45, 2.75) is 29.6 Å². The minimum atomic E-state index is -0.139. The number of ether oxygens (including phenoxy) is 1. The Morgan fingerprint density at radius 3 is 2.91 bits per heavy atom. The molecule has 2 aromatic carbocycles. The molecule has 172 valence electrons. The van der Waals surface area contributed by atoms with Gasteiger partial charge in [0, 0.05) is 42.2 Å². The molecule has 0 spiro atoms. The Balaban J connectivity index is 1.37. The van der Waals surface area contributed by atoms with Gasteiger partial charge in [0.05, 0.1) is 24.1 Å². The van der Waals surface area contributed by atoms with Gasteiger partial charge in [-0.05, 0) is 30.5 Å². The molecule has 0 atom stereocenters. The Morgan fingerprint density at radius 2 is 2.09 bits per heavy atom. The molecule has 9 heteroatoms. The SMILES string of the molecule is COc1ccccc1CN1CCc2nc(SCC(=O)Nc3cccc(SC)c3)[nH]c(=O)c2C1. The van der Waals surface area contributed by atoms with Crippen LogP contribution in [0.3, 0.4) is 0 Å². The van der Waals surface area contributed by atoms with Gasteiger partial charge in [-0.1, -0.05) is 36.0 Å². The zero-order chi connectivity index (χ0) is 23.2. The minimum absolute atomic E-state index is 0.137. The van der Waals surface area contributed by atoms with E-state index in [0.29, 0.717) is 30.2 Å². The average Bonchev–Trinajstić information content (AvgIpc) is 2.83. The monoisotopic (exact) mass is 482 g/mol. The Bertz CT molecular complexity index is 1200. The smallest absolute Gasteiger partial charge is 0.256 e. The molecule has 0 saturated heterocycles. The van der Waals surface area contributed by atoms with Crippen molar-refractivity contribution in [2.24, 2.45) is 0 Å². The number of thioether (sulfide) groups is 2. The summed E-state index contributed by atoms with van der Waals surface area (Å²) in [6, 6.07) is 15.6. The number of amides is 1. The van der Waals surface area contributed by atoms with Crippen LogP contribution in [0.15, 0.2) is 63.4 Å². The largest absolute Gasteiger partial charge is 0.496 e. The van der Waals surface area contributed by atoms with Gasteiger partial charge < -0.3 is 15.0 Å². The average molecular weight is 483 g/mol. The number of methoxy groups -OCH3 is 1. The van der Waals surface area contributed by atoms with Crippen molar-refractivity contribution in [3.63, 3.8) is 0 Å². The summed E-state index contributed by atoms with van der Waals surface area (Å²) < 4.78 is 5.45. The van der Waals surface area contributed by atoms with Gasteiger partial charge in [-0.2, -0.15) is 0 Å². The van der Waals surface area contributed by atoms with Gasteiger partial charge in [-0.15, -0.1) is 11.8 Å². The molecule has 2 heterocycles. The maximum absolute atomic E-state index is 12.7. The van der Waals surface area contributed by atoms with Crippen molar-refractivity contribution < 1.29 is 9.53 Å². The Labute approximate surface area is 201 Å². The second-order valence-electron chi connectivity index (χ2n) is 7.64. The topological polar surface area (TPSA) is 87.3 Å². The van der Waals surface area contributed by atoms with Crippen molar-refractivity contribution >= 4 is 35.1 Å². The number of hydrogen-bond donors (Lipinski definition) is 2. The Morgan fingerprint density at radius 1 is 1.24 bits per heavy atom. The highest BCUT2D eigenvalue weighted by Gasteiger charge is 2.22. The molecule has 33 heavy (non-hydrogen) atoms. The van der Waals surface area contributed by atoms with E-state index in [1.165, 1.54) is 11.8 Å². The highest BCUT2D eigenvalue weighted by Crippen LogP contribution is 2.24. The van der Waals surface area contributed by atoms with E-state index in [-0.39, 0.29) is 17.2 Å². The molecule has 0 unspecified atom stereocenters. The first-order valence-corrected chi connectivity index (χ1v) is 12.8. The van der Waals surface area contributed by atoms with Crippen LogP contribution in [0.4, 0.5) is 5.69 Å². The number of anilines is 1. The predicted molar refractivity (Wildman–Crippen MR) is 133 cm³/mol. The number of carbonyl (C=O) groups is 1. The zero-order valence-electron chi connectivity index (χ0n) is 18.6. The van der Waals surface area contributed by atoms with E-state index in [9.17, 15) is 9.59 Å². The normalized spacial score (nSPS) is 13.4. The lowest BCUT2D eigenvalue weighted by Crippen LogP contribution is -2.35. The summed E-state index contributed by atoms with van der Waals surface area (Å²) in [5, 5.41) is 3.37. The number of nitrogens with zero attached hydrogens (tertiary/aromatic N) is 2. The standard InChI is InChI=1S/C24H26N4O3S2/c1-31-21-9-4-3-6-16(21)13-28-11-10-20-19(14-28)23(30)27-24(26-20)33-15-22(29)25-17-7-5-8-18(12-17)32-2/h3-9,12H,10-11,13-15H2,1-2H3,(H,25,29)(H,26,27,30). The number of H-pyrrole nitrogens is 1. The van der Waals surface area contributed by atoms with E-state index in [0.717, 1.165) is 34.1 Å². The van der Waals surface area contributed by atoms with E-state index in [4.69, 9.17) is 4.74 Å². The van der Waals surface area contributed by atoms with Crippen LogP contribution in [-0.4, -0.2) is 46.4 Å². The van der Waals surface area contributed by atoms with E-state index in [1.807, 2.05) is 54.8 Å². The van der Waals surface area contributed by atoms with Crippen LogP contribution in [0.5, 0.6) is 5.75 Å². The van der Waals surface area contributed by atoms with Gasteiger partial charge in [0.2, 0.25) is 5.91 Å². The van der Waals surface area contributed by atoms with Crippen LogP contribution >= 0.6 is 23.5 Å². The highest BCUT2D eigenvalue weighted by molar-refractivity contribution is 7.99. The van der Waals surface area contributed by atoms with Gasteiger partial charge in [-0.25, -0.2) is 4.98 Å². The fraction of sp³-hybridized carbons (Fsp3) is 0.292. The van der Waals surface area contributed by atoms with Gasteiger partial charge in [-0.3, -0.25) is 14.5 Å². The molecular weight excluding hydrogens is 456 g/mol. The van der Waals surface area contributed by atoms with Crippen LogP contribution in [0.1, 0.15) is 16.8 Å². The second-order valence-corrected chi connectivity index (χ2v) is 9.48. The number of rotatable bonds is 8. The summed E-state index contributed by atoms with van der Waals surface area (Å²) in [4.78, 5) is 35.9. The van der Waals surface area contributed by atoms with Crippen LogP contribution in [0, 0.1) is 0 Å². The lowest BCUT2D eigenvalue weighted by molar-refractivity contribution is -0.113. The van der Waals surface area contributed by atoms with Gasteiger partial charge in [0.15, 0.2) is 5.16 Å². The third-order valence-electron chi connectivity index (χ3n) is 5.41. The number of nitrogens with one attached hydrogen (secondary N) is 2. The van der Waals surface area contributed by atoms with Gasteiger partial charge in [0.1, 0.15) is 5.75 Å². The van der Waals surface area contributed by atoms with Crippen LogP contribution in [0.2, 0.25) is 0 Å². The van der Waals surface area contributed by atoms with Crippen molar-refractivity contribution in [3.05, 3.63) is 75.7 Å². The summed E-state index contributed by atoms with van der Waals surface area (Å²) in [5.74, 6) is 0.882. The van der Waals surface area contributed by atoms with Crippen molar-refractivity contribution in [1.82, 2.24) is 14.9 Å². The number of benzene rings is 2. The summed E-state index contributed by atoms with van der Waals surface area (Å²) in [6.45, 7) is 2.04. The van der Waals surface area contributed by atoms with Crippen molar-refractivity contribution in [2.75, 3.05) is 31.0 Å². The van der Waals surface area contributed by atoms with Gasteiger partial charge in [0.25, 0.3) is 5.56 Å². The lowest BCUT2D eigenvalue weighted by Gasteiger charge is -2.28. The maximum atomic E-state index is 12.7. The molecule has 2 N–H and O–H groups in total. The Hall–Kier alpha value is -2.75. The van der Waals surface area contributed by atoms with E-state index in [1.54, 1.807) is 18.9 Å². The summed E-state index contributed by atoms with van der Waals surface area (Å²) in [6.07, 6.45) is 2.68. The minimum Gasteiger partial charge on any atom is -0.496 e. The zero-order valence-corrected chi connectivity index (χ0v) is 20.2. The van der Waals surface area contributed by atoms with E-state index < -0.39 is 0 Å². The maximum Gasteiger partial charge on any atom is 0.256 e. The number of aromatic nitrogens is 2. The molecule has 3 aromatic rings. The number of para-hydroxylation sites is 1. The molecule has 1 amide bonds.